The molecule has 1 aliphatic rings. The summed E-state index contributed by atoms with van der Waals surface area (Å²) < 4.78 is 0. The molecule has 104 valence electrons. The van der Waals surface area contributed by atoms with Crippen molar-refractivity contribution in [2.45, 2.75) is 44.8 Å². The summed E-state index contributed by atoms with van der Waals surface area (Å²) in [6.07, 6.45) is 2.47. The monoisotopic (exact) mass is 281 g/mol. The van der Waals surface area contributed by atoms with Crippen molar-refractivity contribution in [3.8, 4) is 0 Å². The summed E-state index contributed by atoms with van der Waals surface area (Å²) in [5.41, 5.74) is 1.03. The lowest BCUT2D eigenvalue weighted by atomic mass is 10.0. The second-order valence-corrected chi connectivity index (χ2v) is 5.56. The average molecular weight is 282 g/mol. The Labute approximate surface area is 119 Å². The Balaban J connectivity index is 2.09. The van der Waals surface area contributed by atoms with Crippen LogP contribution in [0.1, 0.15) is 44.2 Å². The highest BCUT2D eigenvalue weighted by Gasteiger charge is 2.30. The van der Waals surface area contributed by atoms with E-state index in [0.29, 0.717) is 12.8 Å². The van der Waals surface area contributed by atoms with Crippen LogP contribution < -0.4 is 0 Å². The third-order valence-electron chi connectivity index (χ3n) is 3.61. The first-order chi connectivity index (χ1) is 9.09. The number of amides is 1. The number of nitrogens with zero attached hydrogens (tertiary/aromatic N) is 1. The van der Waals surface area contributed by atoms with Gasteiger partial charge in [0.2, 0.25) is 5.91 Å². The fraction of sp³-hybridized carbons (Fsp3) is 0.533. The van der Waals surface area contributed by atoms with E-state index in [9.17, 15) is 9.90 Å². The molecule has 2 rings (SSSR count). The SMILES string of the molecule is CC(O)CCC(=O)N1CCCC1c1ccccc1Cl. The predicted octanol–water partition coefficient (Wildman–Crippen LogP) is 3.16. The van der Waals surface area contributed by atoms with E-state index in [1.54, 1.807) is 6.92 Å². The van der Waals surface area contributed by atoms with Gasteiger partial charge in [0.05, 0.1) is 12.1 Å². The molecule has 0 bridgehead atoms. The van der Waals surface area contributed by atoms with Crippen LogP contribution in [0.3, 0.4) is 0 Å². The Morgan fingerprint density at radius 1 is 1.53 bits per heavy atom. The van der Waals surface area contributed by atoms with Gasteiger partial charge in [-0.25, -0.2) is 0 Å². The van der Waals surface area contributed by atoms with Gasteiger partial charge < -0.3 is 10.0 Å². The Bertz CT molecular complexity index is 448. The molecule has 0 aliphatic carbocycles. The largest absolute Gasteiger partial charge is 0.393 e. The van der Waals surface area contributed by atoms with E-state index in [1.807, 2.05) is 29.2 Å². The molecule has 1 heterocycles. The van der Waals surface area contributed by atoms with Gasteiger partial charge in [0.25, 0.3) is 0 Å². The van der Waals surface area contributed by atoms with E-state index in [1.165, 1.54) is 0 Å². The third kappa shape index (κ3) is 3.48. The van der Waals surface area contributed by atoms with Gasteiger partial charge >= 0.3 is 0 Å². The molecule has 4 heteroatoms. The van der Waals surface area contributed by atoms with Crippen molar-refractivity contribution in [1.82, 2.24) is 4.90 Å². The van der Waals surface area contributed by atoms with Crippen molar-refractivity contribution < 1.29 is 9.90 Å². The van der Waals surface area contributed by atoms with Crippen LogP contribution in [0.5, 0.6) is 0 Å². The van der Waals surface area contributed by atoms with Crippen LogP contribution in [-0.2, 0) is 4.79 Å². The van der Waals surface area contributed by atoms with E-state index in [4.69, 9.17) is 11.6 Å². The summed E-state index contributed by atoms with van der Waals surface area (Å²) in [7, 11) is 0. The van der Waals surface area contributed by atoms with E-state index >= 15 is 0 Å². The van der Waals surface area contributed by atoms with Crippen molar-refractivity contribution in [1.29, 1.82) is 0 Å². The van der Waals surface area contributed by atoms with E-state index < -0.39 is 6.10 Å². The number of hydrogen-bond donors (Lipinski definition) is 1. The highest BCUT2D eigenvalue weighted by atomic mass is 35.5. The second-order valence-electron chi connectivity index (χ2n) is 5.15. The molecule has 0 radical (unpaired) electrons. The van der Waals surface area contributed by atoms with Crippen molar-refractivity contribution >= 4 is 17.5 Å². The molecule has 2 atom stereocenters. The lowest BCUT2D eigenvalue weighted by Gasteiger charge is -2.26. The number of benzene rings is 1. The molecule has 3 nitrogen and oxygen atoms in total. The number of carbonyl (C=O) groups is 1. The van der Waals surface area contributed by atoms with E-state index in [-0.39, 0.29) is 11.9 Å². The molecule has 1 aromatic rings. The van der Waals surface area contributed by atoms with Gasteiger partial charge in [0.1, 0.15) is 0 Å². The average Bonchev–Trinajstić information content (AvgIpc) is 2.85. The molecule has 0 aromatic heterocycles. The molecule has 1 fully saturated rings. The standard InChI is InChI=1S/C15H20ClNO2/c1-11(18)8-9-15(19)17-10-4-7-14(17)12-5-2-3-6-13(12)16/h2-3,5-6,11,14,18H,4,7-10H2,1H3. The van der Waals surface area contributed by atoms with Crippen LogP contribution in [0.2, 0.25) is 5.02 Å². The maximum atomic E-state index is 12.2. The molecule has 19 heavy (non-hydrogen) atoms. The highest BCUT2D eigenvalue weighted by Crippen LogP contribution is 2.36. The number of carbonyl (C=O) groups excluding carboxylic acids is 1. The number of rotatable bonds is 4. The number of likely N-dealkylation sites (tertiary alicyclic amines) is 1. The van der Waals surface area contributed by atoms with E-state index in [0.717, 1.165) is 30.0 Å². The van der Waals surface area contributed by atoms with Crippen LogP contribution >= 0.6 is 11.6 Å². The predicted molar refractivity (Wildman–Crippen MR) is 76.1 cm³/mol. The summed E-state index contributed by atoms with van der Waals surface area (Å²) in [6.45, 7) is 2.50. The first-order valence-corrected chi connectivity index (χ1v) is 7.19. The minimum Gasteiger partial charge on any atom is -0.393 e. The smallest absolute Gasteiger partial charge is 0.223 e. The molecular weight excluding hydrogens is 262 g/mol. The number of aliphatic hydroxyl groups excluding tert-OH is 1. The van der Waals surface area contributed by atoms with Crippen LogP contribution in [0.4, 0.5) is 0 Å². The van der Waals surface area contributed by atoms with Gasteiger partial charge in [-0.3, -0.25) is 4.79 Å². The molecule has 1 aromatic carbocycles. The molecule has 1 aliphatic heterocycles. The quantitative estimate of drug-likeness (QED) is 0.921. The highest BCUT2D eigenvalue weighted by molar-refractivity contribution is 6.31. The second kappa shape index (κ2) is 6.40. The zero-order chi connectivity index (χ0) is 13.8. The van der Waals surface area contributed by atoms with Gasteiger partial charge in [-0.05, 0) is 37.8 Å². The van der Waals surface area contributed by atoms with Gasteiger partial charge in [-0.1, -0.05) is 29.8 Å². The zero-order valence-corrected chi connectivity index (χ0v) is 11.9. The maximum Gasteiger partial charge on any atom is 0.223 e. The van der Waals surface area contributed by atoms with E-state index in [2.05, 4.69) is 0 Å². The van der Waals surface area contributed by atoms with Gasteiger partial charge in [-0.15, -0.1) is 0 Å². The molecule has 1 N–H and O–H groups in total. The van der Waals surface area contributed by atoms with Crippen molar-refractivity contribution in [3.05, 3.63) is 34.9 Å². The third-order valence-corrected chi connectivity index (χ3v) is 3.96. The molecule has 0 saturated carbocycles. The van der Waals surface area contributed by atoms with Crippen LogP contribution in [0.25, 0.3) is 0 Å². The number of halogens is 1. The van der Waals surface area contributed by atoms with Crippen molar-refractivity contribution in [3.63, 3.8) is 0 Å². The summed E-state index contributed by atoms with van der Waals surface area (Å²) >= 11 is 6.22. The van der Waals surface area contributed by atoms with Gasteiger partial charge in [-0.2, -0.15) is 0 Å². The summed E-state index contributed by atoms with van der Waals surface area (Å²) in [4.78, 5) is 14.1. The van der Waals surface area contributed by atoms with Crippen LogP contribution in [0.15, 0.2) is 24.3 Å². The minimum absolute atomic E-state index is 0.0928. The topological polar surface area (TPSA) is 40.5 Å². The first-order valence-electron chi connectivity index (χ1n) is 6.81. The maximum absolute atomic E-state index is 12.2. The molecule has 0 spiro atoms. The van der Waals surface area contributed by atoms with Crippen molar-refractivity contribution in [2.75, 3.05) is 6.54 Å². The van der Waals surface area contributed by atoms with Crippen molar-refractivity contribution in [2.24, 2.45) is 0 Å². The molecule has 1 saturated heterocycles. The summed E-state index contributed by atoms with van der Waals surface area (Å²) in [5.74, 6) is 0.114. The lowest BCUT2D eigenvalue weighted by molar-refractivity contribution is -0.132. The minimum atomic E-state index is -0.426. The normalized spacial score (nSPS) is 20.6. The number of hydrogen-bond acceptors (Lipinski definition) is 2. The molecule has 1 amide bonds. The van der Waals surface area contributed by atoms with Crippen LogP contribution in [0, 0.1) is 0 Å². The van der Waals surface area contributed by atoms with Gasteiger partial charge in [0.15, 0.2) is 0 Å². The molecule has 2 unspecified atom stereocenters. The van der Waals surface area contributed by atoms with Gasteiger partial charge in [0, 0.05) is 18.0 Å². The zero-order valence-electron chi connectivity index (χ0n) is 11.2. The Hall–Kier alpha value is -1.06. The van der Waals surface area contributed by atoms with Crippen LogP contribution in [-0.4, -0.2) is 28.6 Å². The Morgan fingerprint density at radius 2 is 2.26 bits per heavy atom. The first kappa shape index (κ1) is 14.4. The Morgan fingerprint density at radius 3 is 2.95 bits per heavy atom. The summed E-state index contributed by atoms with van der Waals surface area (Å²) in [6, 6.07) is 7.81. The molecular formula is C15H20ClNO2. The lowest BCUT2D eigenvalue weighted by Crippen LogP contribution is -2.31. The fourth-order valence-corrected chi connectivity index (χ4v) is 2.87. The Kier molecular flexibility index (Phi) is 4.83. The number of aliphatic hydroxyl groups is 1. The summed E-state index contributed by atoms with van der Waals surface area (Å²) in [5, 5.41) is 10.0. The fourth-order valence-electron chi connectivity index (χ4n) is 2.61.